The minimum atomic E-state index is -0.555. The Hall–Kier alpha value is -2.63. The molecule has 0 unspecified atom stereocenters. The highest BCUT2D eigenvalue weighted by atomic mass is 19.1. The lowest BCUT2D eigenvalue weighted by Gasteiger charge is -2.06. The van der Waals surface area contributed by atoms with Gasteiger partial charge < -0.3 is 15.1 Å². The summed E-state index contributed by atoms with van der Waals surface area (Å²) in [5, 5.41) is 5.25. The van der Waals surface area contributed by atoms with Gasteiger partial charge >= 0.3 is 0 Å². The predicted molar refractivity (Wildman–Crippen MR) is 74.4 cm³/mol. The van der Waals surface area contributed by atoms with Crippen LogP contribution in [0.25, 0.3) is 0 Å². The quantitative estimate of drug-likeness (QED) is 0.799. The molecule has 110 valence electrons. The first-order valence-electron chi connectivity index (χ1n) is 6.53. The second-order valence-electron chi connectivity index (χ2n) is 4.32. The zero-order chi connectivity index (χ0) is 15.1. The normalized spacial score (nSPS) is 10.1. The predicted octanol–water partition coefficient (Wildman–Crippen LogP) is 1.97. The Balaban J connectivity index is 1.67. The van der Waals surface area contributed by atoms with Crippen molar-refractivity contribution in [2.75, 3.05) is 13.1 Å². The van der Waals surface area contributed by atoms with Crippen LogP contribution in [-0.4, -0.2) is 24.9 Å². The molecule has 0 aliphatic carbocycles. The average molecular weight is 290 g/mol. The minimum absolute atomic E-state index is 0.0112. The molecule has 6 heteroatoms. The van der Waals surface area contributed by atoms with Gasteiger partial charge in [-0.2, -0.15) is 0 Å². The zero-order valence-corrected chi connectivity index (χ0v) is 11.3. The monoisotopic (exact) mass is 290 g/mol. The van der Waals surface area contributed by atoms with Crippen LogP contribution in [0.15, 0.2) is 47.1 Å². The van der Waals surface area contributed by atoms with Crippen molar-refractivity contribution >= 4 is 11.8 Å². The maximum atomic E-state index is 13.4. The number of rotatable bonds is 6. The van der Waals surface area contributed by atoms with E-state index < -0.39 is 11.7 Å². The van der Waals surface area contributed by atoms with Gasteiger partial charge in [0.1, 0.15) is 5.82 Å². The van der Waals surface area contributed by atoms with Gasteiger partial charge in [-0.25, -0.2) is 4.39 Å². The van der Waals surface area contributed by atoms with Crippen molar-refractivity contribution in [2.24, 2.45) is 0 Å². The van der Waals surface area contributed by atoms with Crippen LogP contribution < -0.4 is 10.6 Å². The number of nitrogens with one attached hydrogen (secondary N) is 2. The fraction of sp³-hybridized carbons (Fsp3) is 0.200. The average Bonchev–Trinajstić information content (AvgIpc) is 3.01. The highest BCUT2D eigenvalue weighted by molar-refractivity contribution is 5.94. The van der Waals surface area contributed by atoms with Crippen molar-refractivity contribution < 1.29 is 18.4 Å². The summed E-state index contributed by atoms with van der Waals surface area (Å²) in [5.74, 6) is -1.09. The molecule has 2 N–H and O–H groups in total. The van der Waals surface area contributed by atoms with Crippen LogP contribution in [0.4, 0.5) is 4.39 Å². The fourth-order valence-corrected chi connectivity index (χ4v) is 1.73. The van der Waals surface area contributed by atoms with Gasteiger partial charge in [-0.15, -0.1) is 0 Å². The molecule has 0 radical (unpaired) electrons. The lowest BCUT2D eigenvalue weighted by atomic mass is 10.2. The molecule has 1 aromatic heterocycles. The summed E-state index contributed by atoms with van der Waals surface area (Å²) in [6, 6.07) is 8.97. The number of carbonyl (C=O) groups is 2. The summed E-state index contributed by atoms with van der Waals surface area (Å²) < 4.78 is 18.3. The molecule has 0 fully saturated rings. The third-order valence-corrected chi connectivity index (χ3v) is 2.79. The van der Waals surface area contributed by atoms with Gasteiger partial charge in [-0.3, -0.25) is 9.59 Å². The summed E-state index contributed by atoms with van der Waals surface area (Å²) in [4.78, 5) is 23.2. The van der Waals surface area contributed by atoms with Crippen molar-refractivity contribution in [1.82, 2.24) is 10.6 Å². The molecule has 1 heterocycles. The number of halogens is 1. The highest BCUT2D eigenvalue weighted by Gasteiger charge is 2.10. The number of hydrogen-bond acceptors (Lipinski definition) is 3. The van der Waals surface area contributed by atoms with Gasteiger partial charge in [0, 0.05) is 13.1 Å². The first-order valence-corrected chi connectivity index (χ1v) is 6.53. The van der Waals surface area contributed by atoms with Crippen molar-refractivity contribution in [2.45, 2.75) is 6.42 Å². The van der Waals surface area contributed by atoms with E-state index in [4.69, 9.17) is 4.42 Å². The van der Waals surface area contributed by atoms with Crippen molar-refractivity contribution in [1.29, 1.82) is 0 Å². The fourth-order valence-electron chi connectivity index (χ4n) is 1.73. The van der Waals surface area contributed by atoms with E-state index in [9.17, 15) is 14.0 Å². The number of furan rings is 1. The molecular formula is C15H15FN2O3. The number of hydrogen-bond donors (Lipinski definition) is 2. The summed E-state index contributed by atoms with van der Waals surface area (Å²) in [7, 11) is 0. The van der Waals surface area contributed by atoms with Crippen LogP contribution in [0.2, 0.25) is 0 Å². The third-order valence-electron chi connectivity index (χ3n) is 2.79. The lowest BCUT2D eigenvalue weighted by molar-refractivity contribution is 0.0925. The molecule has 21 heavy (non-hydrogen) atoms. The molecular weight excluding hydrogens is 275 g/mol. The minimum Gasteiger partial charge on any atom is -0.459 e. The summed E-state index contributed by atoms with van der Waals surface area (Å²) in [6.07, 6.45) is 1.95. The first kappa shape index (κ1) is 14.8. The van der Waals surface area contributed by atoms with Gasteiger partial charge in [0.25, 0.3) is 11.8 Å². The Morgan fingerprint density at radius 2 is 1.71 bits per heavy atom. The standard InChI is InChI=1S/C15H15FN2O3/c16-12-6-2-1-5-11(12)14(19)17-8-4-9-18-15(20)13-7-3-10-21-13/h1-3,5-7,10H,4,8-9H2,(H,17,19)(H,18,20). The Bertz CT molecular complexity index is 611. The van der Waals surface area contributed by atoms with Crippen molar-refractivity contribution in [3.63, 3.8) is 0 Å². The second kappa shape index (κ2) is 7.23. The van der Waals surface area contributed by atoms with Crippen LogP contribution in [-0.2, 0) is 0 Å². The van der Waals surface area contributed by atoms with E-state index in [-0.39, 0.29) is 17.2 Å². The molecule has 2 rings (SSSR count). The smallest absolute Gasteiger partial charge is 0.286 e. The topological polar surface area (TPSA) is 71.3 Å². The molecule has 2 aromatic rings. The Labute approximate surface area is 121 Å². The highest BCUT2D eigenvalue weighted by Crippen LogP contribution is 2.05. The number of carbonyl (C=O) groups excluding carboxylic acids is 2. The van der Waals surface area contributed by atoms with Crippen molar-refractivity contribution in [3.8, 4) is 0 Å². The molecule has 0 aliphatic heterocycles. The molecule has 0 aliphatic rings. The largest absolute Gasteiger partial charge is 0.459 e. The van der Waals surface area contributed by atoms with Crippen LogP contribution in [0.1, 0.15) is 27.3 Å². The Morgan fingerprint density at radius 1 is 1.00 bits per heavy atom. The second-order valence-corrected chi connectivity index (χ2v) is 4.32. The maximum absolute atomic E-state index is 13.4. The van der Waals surface area contributed by atoms with Gasteiger partial charge in [-0.05, 0) is 30.7 Å². The van der Waals surface area contributed by atoms with Gasteiger partial charge in [-0.1, -0.05) is 12.1 Å². The summed E-state index contributed by atoms with van der Waals surface area (Å²) in [6.45, 7) is 0.725. The van der Waals surface area contributed by atoms with Crippen LogP contribution in [0.3, 0.4) is 0 Å². The van der Waals surface area contributed by atoms with E-state index >= 15 is 0 Å². The van der Waals surface area contributed by atoms with E-state index in [2.05, 4.69) is 10.6 Å². The van der Waals surface area contributed by atoms with E-state index in [1.165, 1.54) is 24.5 Å². The van der Waals surface area contributed by atoms with E-state index in [0.29, 0.717) is 19.5 Å². The molecule has 0 saturated heterocycles. The maximum Gasteiger partial charge on any atom is 0.286 e. The van der Waals surface area contributed by atoms with E-state index in [1.54, 1.807) is 18.2 Å². The lowest BCUT2D eigenvalue weighted by Crippen LogP contribution is -2.30. The first-order chi connectivity index (χ1) is 10.2. The summed E-state index contributed by atoms with van der Waals surface area (Å²) in [5.41, 5.74) is 0.0112. The Kier molecular flexibility index (Phi) is 5.09. The van der Waals surface area contributed by atoms with Crippen LogP contribution >= 0.6 is 0 Å². The van der Waals surface area contributed by atoms with Crippen LogP contribution in [0.5, 0.6) is 0 Å². The van der Waals surface area contributed by atoms with Crippen molar-refractivity contribution in [3.05, 3.63) is 59.8 Å². The van der Waals surface area contributed by atoms with Crippen LogP contribution in [0, 0.1) is 5.82 Å². The van der Waals surface area contributed by atoms with Gasteiger partial charge in [0.15, 0.2) is 5.76 Å². The molecule has 0 bridgehead atoms. The Morgan fingerprint density at radius 3 is 2.38 bits per heavy atom. The number of benzene rings is 1. The SMILES string of the molecule is O=C(NCCCNC(=O)c1ccccc1F)c1ccco1. The molecule has 0 spiro atoms. The molecule has 0 atom stereocenters. The summed E-state index contributed by atoms with van der Waals surface area (Å²) >= 11 is 0. The third kappa shape index (κ3) is 4.17. The molecule has 0 saturated carbocycles. The molecule has 1 aromatic carbocycles. The molecule has 5 nitrogen and oxygen atoms in total. The molecule has 2 amide bonds. The van der Waals surface area contributed by atoms with E-state index in [1.807, 2.05) is 0 Å². The number of amides is 2. The van der Waals surface area contributed by atoms with E-state index in [0.717, 1.165) is 0 Å². The zero-order valence-electron chi connectivity index (χ0n) is 11.3. The van der Waals surface area contributed by atoms with Gasteiger partial charge in [0.2, 0.25) is 0 Å². The van der Waals surface area contributed by atoms with Gasteiger partial charge in [0.05, 0.1) is 11.8 Å².